The van der Waals surface area contributed by atoms with Gasteiger partial charge in [-0.3, -0.25) is 14.6 Å². The second-order valence-corrected chi connectivity index (χ2v) is 7.41. The lowest BCUT2D eigenvalue weighted by atomic mass is 9.69. The van der Waals surface area contributed by atoms with Crippen LogP contribution in [0, 0.1) is 11.3 Å². The summed E-state index contributed by atoms with van der Waals surface area (Å²) in [4.78, 5) is 29.2. The van der Waals surface area contributed by atoms with Crippen molar-refractivity contribution in [1.29, 1.82) is 0 Å². The molecule has 3 nitrogen and oxygen atoms in total. The van der Waals surface area contributed by atoms with E-state index in [0.717, 1.165) is 18.6 Å². The zero-order valence-electron chi connectivity index (χ0n) is 13.2. The number of hydrogen-bond donors (Lipinski definition) is 0. The average molecular weight is 265 g/mol. The van der Waals surface area contributed by atoms with Crippen LogP contribution in [-0.2, 0) is 9.59 Å². The van der Waals surface area contributed by atoms with Crippen molar-refractivity contribution in [2.24, 2.45) is 16.3 Å². The summed E-state index contributed by atoms with van der Waals surface area (Å²) in [7, 11) is 0. The molecule has 0 aliphatic heterocycles. The number of carbonyl (C=O) groups is 2. The highest BCUT2D eigenvalue weighted by atomic mass is 16.2. The third kappa shape index (κ3) is 4.55. The fraction of sp³-hybridized carbons (Fsp3) is 0.812. The number of nitrogens with zero attached hydrogens (tertiary/aromatic N) is 1. The molecule has 0 aromatic heterocycles. The Morgan fingerprint density at radius 3 is 2.37 bits per heavy atom. The molecule has 1 rings (SSSR count). The molecule has 0 aromatic rings. The van der Waals surface area contributed by atoms with E-state index >= 15 is 0 Å². The Kier molecular flexibility index (Phi) is 4.70. The smallest absolute Gasteiger partial charge is 0.149 e. The van der Waals surface area contributed by atoms with E-state index in [1.807, 2.05) is 27.7 Å². The zero-order chi connectivity index (χ0) is 14.8. The first-order chi connectivity index (χ1) is 8.56. The van der Waals surface area contributed by atoms with E-state index in [-0.39, 0.29) is 22.5 Å². The van der Waals surface area contributed by atoms with Crippen molar-refractivity contribution < 1.29 is 9.59 Å². The molecule has 0 aromatic carbocycles. The first-order valence-electron chi connectivity index (χ1n) is 7.20. The lowest BCUT2D eigenvalue weighted by Gasteiger charge is -2.35. The Labute approximate surface area is 116 Å². The van der Waals surface area contributed by atoms with Crippen molar-refractivity contribution in [2.45, 2.75) is 72.8 Å². The minimum absolute atomic E-state index is 0.0472. The Morgan fingerprint density at radius 1 is 1.32 bits per heavy atom. The summed E-state index contributed by atoms with van der Waals surface area (Å²) in [6.45, 7) is 12.1. The van der Waals surface area contributed by atoms with Crippen LogP contribution in [0.2, 0.25) is 0 Å². The molecule has 0 amide bonds. The van der Waals surface area contributed by atoms with E-state index in [1.54, 1.807) is 0 Å². The van der Waals surface area contributed by atoms with Crippen LogP contribution in [-0.4, -0.2) is 22.8 Å². The van der Waals surface area contributed by atoms with Crippen molar-refractivity contribution in [1.82, 2.24) is 0 Å². The van der Waals surface area contributed by atoms with Gasteiger partial charge in [-0.15, -0.1) is 0 Å². The van der Waals surface area contributed by atoms with Gasteiger partial charge < -0.3 is 0 Å². The predicted octanol–water partition coefficient (Wildman–Crippen LogP) is 3.60. The van der Waals surface area contributed by atoms with Crippen LogP contribution < -0.4 is 0 Å². The van der Waals surface area contributed by atoms with Crippen LogP contribution >= 0.6 is 0 Å². The van der Waals surface area contributed by atoms with Gasteiger partial charge in [0.05, 0.1) is 5.54 Å². The first kappa shape index (κ1) is 16.1. The summed E-state index contributed by atoms with van der Waals surface area (Å²) < 4.78 is 0. The van der Waals surface area contributed by atoms with Crippen LogP contribution in [0.4, 0.5) is 0 Å². The summed E-state index contributed by atoms with van der Waals surface area (Å²) in [5.41, 5.74) is 0.477. The fourth-order valence-corrected chi connectivity index (χ4v) is 2.71. The molecule has 3 heteroatoms. The molecule has 0 heterocycles. The van der Waals surface area contributed by atoms with Crippen LogP contribution in [0.1, 0.15) is 67.2 Å². The Hall–Kier alpha value is -0.990. The second kappa shape index (κ2) is 5.56. The van der Waals surface area contributed by atoms with E-state index in [0.29, 0.717) is 12.8 Å². The van der Waals surface area contributed by atoms with Crippen molar-refractivity contribution in [2.75, 3.05) is 0 Å². The quantitative estimate of drug-likeness (QED) is 0.732. The Bertz CT molecular complexity index is 399. The molecule has 0 radical (unpaired) electrons. The van der Waals surface area contributed by atoms with Crippen LogP contribution in [0.3, 0.4) is 0 Å². The van der Waals surface area contributed by atoms with Crippen LogP contribution in [0.15, 0.2) is 4.99 Å². The van der Waals surface area contributed by atoms with E-state index < -0.39 is 5.92 Å². The Balaban J connectivity index is 3.13. The lowest BCUT2D eigenvalue weighted by molar-refractivity contribution is -0.132. The fourth-order valence-electron chi connectivity index (χ4n) is 2.71. The summed E-state index contributed by atoms with van der Waals surface area (Å²) in [6, 6.07) is 0. The molecule has 108 valence electrons. The number of ketones is 2. The first-order valence-corrected chi connectivity index (χ1v) is 7.20. The summed E-state index contributed by atoms with van der Waals surface area (Å²) in [5.74, 6) is -0.476. The van der Waals surface area contributed by atoms with Gasteiger partial charge in [0.1, 0.15) is 17.5 Å². The van der Waals surface area contributed by atoms with Gasteiger partial charge in [-0.1, -0.05) is 20.8 Å². The summed E-state index contributed by atoms with van der Waals surface area (Å²) in [6.07, 6.45) is 2.49. The molecule has 0 bridgehead atoms. The summed E-state index contributed by atoms with van der Waals surface area (Å²) >= 11 is 0. The van der Waals surface area contributed by atoms with Crippen LogP contribution in [0.25, 0.3) is 0 Å². The minimum atomic E-state index is -0.577. The highest BCUT2D eigenvalue weighted by molar-refractivity contribution is 6.22. The third-order valence-electron chi connectivity index (χ3n) is 3.27. The van der Waals surface area contributed by atoms with Gasteiger partial charge in [0, 0.05) is 18.6 Å². The van der Waals surface area contributed by atoms with Gasteiger partial charge in [0.25, 0.3) is 0 Å². The molecule has 0 spiro atoms. The molecule has 1 saturated carbocycles. The Morgan fingerprint density at radius 2 is 1.89 bits per heavy atom. The molecule has 0 saturated heterocycles. The van der Waals surface area contributed by atoms with Gasteiger partial charge in [-0.05, 0) is 39.0 Å². The lowest BCUT2D eigenvalue weighted by Crippen LogP contribution is -2.42. The van der Waals surface area contributed by atoms with Crippen LogP contribution in [0.5, 0.6) is 0 Å². The highest BCUT2D eigenvalue weighted by Gasteiger charge is 2.41. The molecule has 1 aliphatic carbocycles. The monoisotopic (exact) mass is 265 g/mol. The average Bonchev–Trinajstić information content (AvgIpc) is 2.11. The van der Waals surface area contributed by atoms with Gasteiger partial charge >= 0.3 is 0 Å². The van der Waals surface area contributed by atoms with Gasteiger partial charge in [-0.25, -0.2) is 0 Å². The maximum absolute atomic E-state index is 12.3. The molecule has 1 atom stereocenters. The number of Topliss-reactive ketones (excluding diaryl/α,β-unsaturated/α-hetero) is 2. The maximum Gasteiger partial charge on any atom is 0.149 e. The second-order valence-electron chi connectivity index (χ2n) is 7.41. The van der Waals surface area contributed by atoms with Crippen molar-refractivity contribution in [3.8, 4) is 0 Å². The predicted molar refractivity (Wildman–Crippen MR) is 78.6 cm³/mol. The standard InChI is InChI=1S/C16H27NO2/c1-7-8-12(18)14-11(17-15(2,3)4)9-16(5,6)10-13(14)19/h14H,7-10H2,1-6H3/t14-/m1/s1. The molecule has 0 unspecified atom stereocenters. The van der Waals surface area contributed by atoms with E-state index in [2.05, 4.69) is 18.8 Å². The van der Waals surface area contributed by atoms with Gasteiger partial charge in [-0.2, -0.15) is 0 Å². The highest BCUT2D eigenvalue weighted by Crippen LogP contribution is 2.36. The van der Waals surface area contributed by atoms with Gasteiger partial charge in [0.15, 0.2) is 0 Å². The largest absolute Gasteiger partial charge is 0.298 e. The molecule has 0 N–H and O–H groups in total. The van der Waals surface area contributed by atoms with E-state index in [9.17, 15) is 9.59 Å². The molecule has 1 fully saturated rings. The molecule has 1 aliphatic rings. The van der Waals surface area contributed by atoms with Gasteiger partial charge in [0.2, 0.25) is 0 Å². The number of hydrogen-bond acceptors (Lipinski definition) is 3. The van der Waals surface area contributed by atoms with E-state index in [4.69, 9.17) is 0 Å². The number of aliphatic imine (C=N–C) groups is 1. The van der Waals surface area contributed by atoms with Crippen molar-refractivity contribution in [3.63, 3.8) is 0 Å². The van der Waals surface area contributed by atoms with Crippen molar-refractivity contribution >= 4 is 17.3 Å². The van der Waals surface area contributed by atoms with Crippen molar-refractivity contribution in [3.05, 3.63) is 0 Å². The molecular weight excluding hydrogens is 238 g/mol. The molecular formula is C16H27NO2. The van der Waals surface area contributed by atoms with E-state index in [1.165, 1.54) is 0 Å². The normalized spacial score (nSPS) is 25.7. The third-order valence-corrected chi connectivity index (χ3v) is 3.27. The number of rotatable bonds is 3. The summed E-state index contributed by atoms with van der Waals surface area (Å²) in [5, 5.41) is 0. The zero-order valence-corrected chi connectivity index (χ0v) is 13.2. The molecule has 19 heavy (non-hydrogen) atoms. The maximum atomic E-state index is 12.3. The minimum Gasteiger partial charge on any atom is -0.298 e. The topological polar surface area (TPSA) is 46.5 Å². The SMILES string of the molecule is CCCC(=O)[C@@H]1C(=O)CC(C)(C)CC1=NC(C)(C)C. The number of carbonyl (C=O) groups excluding carboxylic acids is 2.